The van der Waals surface area contributed by atoms with E-state index in [4.69, 9.17) is 43.3 Å². The van der Waals surface area contributed by atoms with Gasteiger partial charge in [0.25, 0.3) is 0 Å². The molecule has 1 aliphatic rings. The Morgan fingerprint density at radius 2 is 1.62 bits per heavy atom. The molecule has 0 N–H and O–H groups in total. The number of halogens is 3. The third-order valence-electron chi connectivity index (χ3n) is 2.62. The van der Waals surface area contributed by atoms with Crippen molar-refractivity contribution in [3.05, 3.63) is 0 Å². The van der Waals surface area contributed by atoms with E-state index in [1.807, 2.05) is 0 Å². The predicted molar refractivity (Wildman–Crippen MR) is 71.8 cm³/mol. The van der Waals surface area contributed by atoms with Gasteiger partial charge in [0.1, 0.15) is 0 Å². The Kier molecular flexibility index (Phi) is 4.60. The number of hydrogen-bond donors (Lipinski definition) is 0. The molecule has 2 nitrogen and oxygen atoms in total. The SMILES string of the molecule is CC(C)(C)[C@H]1[CH2][Ge]([CH3])([CH3])[O][C@@H](C(Cl)(Cl)Cl)O1. The zero-order valence-electron chi connectivity index (χ0n) is 10.3. The molecule has 0 aromatic rings. The first kappa shape index (κ1) is 15.4. The van der Waals surface area contributed by atoms with E-state index in [2.05, 4.69) is 32.3 Å². The molecule has 0 bridgehead atoms. The van der Waals surface area contributed by atoms with Gasteiger partial charge >= 0.3 is 116 Å². The Labute approximate surface area is 116 Å². The summed E-state index contributed by atoms with van der Waals surface area (Å²) in [5, 5.41) is 0.973. The summed E-state index contributed by atoms with van der Waals surface area (Å²) in [6, 6.07) is 0. The summed E-state index contributed by atoms with van der Waals surface area (Å²) in [6.07, 6.45) is -0.637. The summed E-state index contributed by atoms with van der Waals surface area (Å²) in [5.41, 5.74) is 0.0421. The zero-order valence-corrected chi connectivity index (χ0v) is 14.7. The van der Waals surface area contributed by atoms with Crippen LogP contribution in [0.5, 0.6) is 0 Å². The maximum atomic E-state index is 5.87. The van der Waals surface area contributed by atoms with Crippen LogP contribution in [0.3, 0.4) is 0 Å². The van der Waals surface area contributed by atoms with Crippen molar-refractivity contribution in [1.29, 1.82) is 0 Å². The average Bonchev–Trinajstić information content (AvgIpc) is 1.97. The van der Waals surface area contributed by atoms with Crippen LogP contribution in [0.4, 0.5) is 0 Å². The van der Waals surface area contributed by atoms with E-state index in [-0.39, 0.29) is 11.5 Å². The summed E-state index contributed by atoms with van der Waals surface area (Å²) < 4.78 is 10.1. The van der Waals surface area contributed by atoms with Crippen LogP contribution >= 0.6 is 34.8 Å². The third-order valence-corrected chi connectivity index (χ3v) is 7.79. The third kappa shape index (κ3) is 4.22. The minimum atomic E-state index is -2.33. The normalized spacial score (nSPS) is 31.5. The van der Waals surface area contributed by atoms with Crippen LogP contribution in [-0.2, 0) is 8.50 Å². The average molecular weight is 350 g/mol. The number of ether oxygens (including phenoxy) is 1. The summed E-state index contributed by atoms with van der Waals surface area (Å²) in [6.45, 7) is 6.41. The van der Waals surface area contributed by atoms with Gasteiger partial charge in [-0.25, -0.2) is 0 Å². The van der Waals surface area contributed by atoms with Crippen molar-refractivity contribution < 1.29 is 8.50 Å². The van der Waals surface area contributed by atoms with E-state index in [0.29, 0.717) is 0 Å². The van der Waals surface area contributed by atoms with Crippen LogP contribution in [0.25, 0.3) is 0 Å². The van der Waals surface area contributed by atoms with E-state index in [0.717, 1.165) is 5.25 Å². The van der Waals surface area contributed by atoms with Crippen molar-refractivity contribution in [1.82, 2.24) is 0 Å². The van der Waals surface area contributed by atoms with Gasteiger partial charge in [-0.1, -0.05) is 0 Å². The first-order valence-corrected chi connectivity index (χ1v) is 13.0. The van der Waals surface area contributed by atoms with Crippen molar-refractivity contribution in [3.8, 4) is 0 Å². The first-order chi connectivity index (χ1) is 6.92. The molecule has 1 heterocycles. The van der Waals surface area contributed by atoms with Crippen LogP contribution in [0.2, 0.25) is 16.8 Å². The summed E-state index contributed by atoms with van der Waals surface area (Å²) in [7, 11) is 0. The fraction of sp³-hybridized carbons (Fsp3) is 1.00. The Bertz CT molecular complexity index is 234. The first-order valence-electron chi connectivity index (χ1n) is 5.32. The summed E-state index contributed by atoms with van der Waals surface area (Å²) in [4.78, 5) is 0. The molecule has 0 radical (unpaired) electrons. The second kappa shape index (κ2) is 4.78. The number of hydrogen-bond acceptors (Lipinski definition) is 2. The molecule has 1 saturated heterocycles. The van der Waals surface area contributed by atoms with Crippen molar-refractivity contribution in [2.75, 3.05) is 0 Å². The monoisotopic (exact) mass is 350 g/mol. The number of alkyl halides is 3. The Morgan fingerprint density at radius 1 is 1.12 bits per heavy atom. The summed E-state index contributed by atoms with van der Waals surface area (Å²) >= 11 is 15.3. The van der Waals surface area contributed by atoms with E-state index in [9.17, 15) is 0 Å². The van der Waals surface area contributed by atoms with Gasteiger partial charge in [-0.3, -0.25) is 0 Å². The van der Waals surface area contributed by atoms with Crippen LogP contribution in [0.1, 0.15) is 20.8 Å². The molecule has 1 aliphatic heterocycles. The van der Waals surface area contributed by atoms with Crippen molar-refractivity contribution in [2.45, 2.75) is 53.7 Å². The van der Waals surface area contributed by atoms with Gasteiger partial charge in [-0.15, -0.1) is 0 Å². The molecule has 96 valence electrons. The van der Waals surface area contributed by atoms with E-state index < -0.39 is 23.7 Å². The molecule has 0 saturated carbocycles. The molecule has 0 aliphatic carbocycles. The molecular weight excluding hydrogens is 331 g/mol. The van der Waals surface area contributed by atoms with Gasteiger partial charge in [0.2, 0.25) is 0 Å². The molecule has 1 fully saturated rings. The Morgan fingerprint density at radius 3 is 2.00 bits per heavy atom. The van der Waals surface area contributed by atoms with Gasteiger partial charge in [0, 0.05) is 0 Å². The summed E-state index contributed by atoms with van der Waals surface area (Å²) in [5.74, 6) is 4.34. The van der Waals surface area contributed by atoms with Crippen LogP contribution < -0.4 is 0 Å². The zero-order chi connectivity index (χ0) is 12.8. The van der Waals surface area contributed by atoms with E-state index in [1.165, 1.54) is 0 Å². The predicted octanol–water partition coefficient (Wildman–Crippen LogP) is 4.35. The molecule has 1 rings (SSSR count). The molecule has 0 amide bonds. The van der Waals surface area contributed by atoms with Crippen LogP contribution in [-0.4, -0.2) is 29.8 Å². The van der Waals surface area contributed by atoms with Crippen LogP contribution in [0.15, 0.2) is 0 Å². The molecule has 0 aromatic heterocycles. The van der Waals surface area contributed by atoms with Gasteiger partial charge in [-0.2, -0.15) is 0 Å². The molecular formula is C10H19Cl3GeO2. The van der Waals surface area contributed by atoms with Crippen molar-refractivity contribution in [2.24, 2.45) is 5.41 Å². The molecule has 0 aromatic carbocycles. The topological polar surface area (TPSA) is 18.5 Å². The second-order valence-corrected chi connectivity index (χ2v) is 17.0. The molecule has 0 spiro atoms. The van der Waals surface area contributed by atoms with Gasteiger partial charge in [-0.05, 0) is 0 Å². The molecule has 0 unspecified atom stereocenters. The molecule has 2 atom stereocenters. The van der Waals surface area contributed by atoms with Gasteiger partial charge in [0.05, 0.1) is 0 Å². The maximum absolute atomic E-state index is 5.87. The fourth-order valence-electron chi connectivity index (χ4n) is 1.66. The van der Waals surface area contributed by atoms with Gasteiger partial charge < -0.3 is 0 Å². The van der Waals surface area contributed by atoms with Crippen molar-refractivity contribution >= 4 is 48.4 Å². The molecule has 16 heavy (non-hydrogen) atoms. The number of rotatable bonds is 0. The minimum absolute atomic E-state index is 0.0421. The second-order valence-electron chi connectivity index (χ2n) is 5.95. The van der Waals surface area contributed by atoms with E-state index in [1.54, 1.807) is 0 Å². The van der Waals surface area contributed by atoms with E-state index >= 15 is 0 Å². The van der Waals surface area contributed by atoms with Crippen LogP contribution in [0, 0.1) is 5.41 Å². The quantitative estimate of drug-likeness (QED) is 0.478. The standard InChI is InChI=1S/C10H19Cl3GeO2/c1-9(2,3)7-6-14(4,5)16-8(15-7)10(11,12)13/h7-8H,6H2,1-5H3/t7-,8+/m1/s1. The Balaban J connectivity index is 2.86. The Hall–Kier alpha value is 1.33. The molecule has 6 heteroatoms. The van der Waals surface area contributed by atoms with Gasteiger partial charge in [0.15, 0.2) is 0 Å². The fourth-order valence-corrected chi connectivity index (χ4v) is 7.69. The van der Waals surface area contributed by atoms with Crippen molar-refractivity contribution in [3.63, 3.8) is 0 Å².